The number of nitrogens with two attached hydrogens (primary N) is 1. The highest BCUT2D eigenvalue weighted by molar-refractivity contribution is 5.73. The predicted molar refractivity (Wildman–Crippen MR) is 58.8 cm³/mol. The average molecular weight is 232 g/mol. The van der Waals surface area contributed by atoms with Crippen molar-refractivity contribution in [1.29, 1.82) is 0 Å². The number of hydrogen-bond acceptors (Lipinski definition) is 4. The molecule has 0 aliphatic rings. The molecule has 6 heteroatoms. The van der Waals surface area contributed by atoms with Crippen molar-refractivity contribution >= 4 is 11.8 Å². The first-order valence-electron chi connectivity index (χ1n) is 5.31. The first kappa shape index (κ1) is 14.9. The summed E-state index contributed by atoms with van der Waals surface area (Å²) in [7, 11) is 0. The topological polar surface area (TPSA) is 90.7 Å². The molecule has 3 N–H and O–H groups in total. The first-order valence-corrected chi connectivity index (χ1v) is 5.31. The highest BCUT2D eigenvalue weighted by atomic mass is 16.5. The zero-order chi connectivity index (χ0) is 12.2. The van der Waals surface area contributed by atoms with Gasteiger partial charge in [-0.3, -0.25) is 9.59 Å². The summed E-state index contributed by atoms with van der Waals surface area (Å²) in [5.74, 6) is -0.374. The van der Waals surface area contributed by atoms with Crippen LogP contribution in [0.5, 0.6) is 0 Å². The van der Waals surface area contributed by atoms with E-state index in [4.69, 9.17) is 15.2 Å². The van der Waals surface area contributed by atoms with E-state index in [1.54, 1.807) is 0 Å². The van der Waals surface area contributed by atoms with Crippen molar-refractivity contribution in [1.82, 2.24) is 5.32 Å². The Kier molecular flexibility index (Phi) is 9.64. The lowest BCUT2D eigenvalue weighted by atomic mass is 10.3. The maximum absolute atomic E-state index is 10.5. The van der Waals surface area contributed by atoms with Crippen LogP contribution in [-0.2, 0) is 19.1 Å². The summed E-state index contributed by atoms with van der Waals surface area (Å²) in [6.45, 7) is 3.93. The molecule has 0 saturated heterocycles. The molecular weight excluding hydrogens is 212 g/mol. The highest BCUT2D eigenvalue weighted by Gasteiger charge is 1.95. The first-order chi connectivity index (χ1) is 7.63. The number of rotatable bonds is 10. The van der Waals surface area contributed by atoms with E-state index >= 15 is 0 Å². The van der Waals surface area contributed by atoms with E-state index in [0.29, 0.717) is 45.8 Å². The minimum Gasteiger partial charge on any atom is -0.379 e. The SMILES string of the molecule is CC(=O)NCCOCCOCCCC(N)=O. The van der Waals surface area contributed by atoms with Crippen molar-refractivity contribution in [2.75, 3.05) is 33.0 Å². The molecule has 0 aromatic carbocycles. The number of carbonyl (C=O) groups excluding carboxylic acids is 2. The van der Waals surface area contributed by atoms with Gasteiger partial charge in [-0.25, -0.2) is 0 Å². The number of ether oxygens (including phenoxy) is 2. The number of amides is 2. The monoisotopic (exact) mass is 232 g/mol. The van der Waals surface area contributed by atoms with Gasteiger partial charge in [-0.2, -0.15) is 0 Å². The second-order valence-electron chi connectivity index (χ2n) is 3.28. The second-order valence-corrected chi connectivity index (χ2v) is 3.28. The number of hydrogen-bond donors (Lipinski definition) is 2. The van der Waals surface area contributed by atoms with Crippen LogP contribution in [-0.4, -0.2) is 44.8 Å². The zero-order valence-corrected chi connectivity index (χ0v) is 9.66. The predicted octanol–water partition coefficient (Wildman–Crippen LogP) is -0.579. The van der Waals surface area contributed by atoms with E-state index in [2.05, 4.69) is 5.32 Å². The maximum atomic E-state index is 10.5. The van der Waals surface area contributed by atoms with Crippen LogP contribution in [0.15, 0.2) is 0 Å². The van der Waals surface area contributed by atoms with Gasteiger partial charge in [-0.1, -0.05) is 0 Å². The molecule has 2 amide bonds. The smallest absolute Gasteiger partial charge is 0.217 e. The van der Waals surface area contributed by atoms with E-state index in [-0.39, 0.29) is 11.8 Å². The number of primary amides is 1. The van der Waals surface area contributed by atoms with Crippen LogP contribution in [0.2, 0.25) is 0 Å². The lowest BCUT2D eigenvalue weighted by molar-refractivity contribution is -0.119. The van der Waals surface area contributed by atoms with E-state index in [1.165, 1.54) is 6.92 Å². The van der Waals surface area contributed by atoms with Gasteiger partial charge in [-0.05, 0) is 6.42 Å². The van der Waals surface area contributed by atoms with Gasteiger partial charge in [0.15, 0.2) is 0 Å². The fourth-order valence-electron chi connectivity index (χ4n) is 0.970. The van der Waals surface area contributed by atoms with Crippen molar-refractivity contribution in [3.05, 3.63) is 0 Å². The summed E-state index contributed by atoms with van der Waals surface area (Å²) < 4.78 is 10.4. The molecule has 0 aromatic heterocycles. The number of nitrogens with one attached hydrogen (secondary N) is 1. The third-order valence-electron chi connectivity index (χ3n) is 1.70. The lowest BCUT2D eigenvalue weighted by Crippen LogP contribution is -2.24. The number of carbonyl (C=O) groups is 2. The van der Waals surface area contributed by atoms with E-state index in [1.807, 2.05) is 0 Å². The summed E-state index contributed by atoms with van der Waals surface area (Å²) in [5, 5.41) is 2.61. The van der Waals surface area contributed by atoms with Gasteiger partial charge in [0.1, 0.15) is 0 Å². The minimum atomic E-state index is -0.310. The minimum absolute atomic E-state index is 0.0636. The van der Waals surface area contributed by atoms with Gasteiger partial charge in [0.2, 0.25) is 11.8 Å². The van der Waals surface area contributed by atoms with Crippen LogP contribution in [0.25, 0.3) is 0 Å². The van der Waals surface area contributed by atoms with Crippen molar-refractivity contribution in [2.24, 2.45) is 5.73 Å². The Morgan fingerprint density at radius 1 is 1.12 bits per heavy atom. The Labute approximate surface area is 95.5 Å². The van der Waals surface area contributed by atoms with E-state index < -0.39 is 0 Å². The van der Waals surface area contributed by atoms with Crippen LogP contribution < -0.4 is 11.1 Å². The fraction of sp³-hybridized carbons (Fsp3) is 0.800. The summed E-state index contributed by atoms with van der Waals surface area (Å²) >= 11 is 0. The molecule has 0 aromatic rings. The molecule has 0 bridgehead atoms. The fourth-order valence-corrected chi connectivity index (χ4v) is 0.970. The van der Waals surface area contributed by atoms with Gasteiger partial charge in [0, 0.05) is 26.5 Å². The zero-order valence-electron chi connectivity index (χ0n) is 9.66. The molecule has 0 saturated carbocycles. The molecule has 0 heterocycles. The van der Waals surface area contributed by atoms with Crippen LogP contribution >= 0.6 is 0 Å². The standard InChI is InChI=1S/C10H20N2O4/c1-9(13)12-4-6-16-8-7-15-5-2-3-10(11)14/h2-8H2,1H3,(H2,11,14)(H,12,13). The lowest BCUT2D eigenvalue weighted by Gasteiger charge is -2.05. The Morgan fingerprint density at radius 2 is 1.75 bits per heavy atom. The van der Waals surface area contributed by atoms with E-state index in [0.717, 1.165) is 0 Å². The molecule has 16 heavy (non-hydrogen) atoms. The Morgan fingerprint density at radius 3 is 2.31 bits per heavy atom. The molecule has 0 rings (SSSR count). The quantitative estimate of drug-likeness (QED) is 0.493. The molecule has 0 aliphatic heterocycles. The van der Waals surface area contributed by atoms with Crippen molar-refractivity contribution in [3.63, 3.8) is 0 Å². The highest BCUT2D eigenvalue weighted by Crippen LogP contribution is 1.88. The Bertz CT molecular complexity index is 187. The molecule has 6 nitrogen and oxygen atoms in total. The van der Waals surface area contributed by atoms with Gasteiger partial charge in [0.25, 0.3) is 0 Å². The largest absolute Gasteiger partial charge is 0.379 e. The summed E-state index contributed by atoms with van der Waals surface area (Å²) in [6, 6.07) is 0. The summed E-state index contributed by atoms with van der Waals surface area (Å²) in [6.07, 6.45) is 0.991. The molecule has 0 fully saturated rings. The van der Waals surface area contributed by atoms with Crippen LogP contribution in [0.4, 0.5) is 0 Å². The van der Waals surface area contributed by atoms with Crippen LogP contribution in [0.3, 0.4) is 0 Å². The molecular formula is C10H20N2O4. The average Bonchev–Trinajstić information content (AvgIpc) is 2.20. The Balaban J connectivity index is 2.98. The van der Waals surface area contributed by atoms with Gasteiger partial charge in [0.05, 0.1) is 19.8 Å². The van der Waals surface area contributed by atoms with Gasteiger partial charge < -0.3 is 20.5 Å². The molecule has 0 atom stereocenters. The normalized spacial score (nSPS) is 10.1. The van der Waals surface area contributed by atoms with Crippen molar-refractivity contribution in [2.45, 2.75) is 19.8 Å². The third kappa shape index (κ3) is 12.9. The van der Waals surface area contributed by atoms with Crippen molar-refractivity contribution < 1.29 is 19.1 Å². The van der Waals surface area contributed by atoms with E-state index in [9.17, 15) is 9.59 Å². The van der Waals surface area contributed by atoms with Crippen molar-refractivity contribution in [3.8, 4) is 0 Å². The molecule has 0 radical (unpaired) electrons. The molecule has 0 aliphatic carbocycles. The van der Waals surface area contributed by atoms with Gasteiger partial charge >= 0.3 is 0 Å². The third-order valence-corrected chi connectivity index (χ3v) is 1.70. The van der Waals surface area contributed by atoms with Crippen LogP contribution in [0.1, 0.15) is 19.8 Å². The van der Waals surface area contributed by atoms with Gasteiger partial charge in [-0.15, -0.1) is 0 Å². The molecule has 0 unspecified atom stereocenters. The summed E-state index contributed by atoms with van der Waals surface area (Å²) in [4.78, 5) is 20.8. The molecule has 94 valence electrons. The maximum Gasteiger partial charge on any atom is 0.217 e. The van der Waals surface area contributed by atoms with Crippen LogP contribution in [0, 0.1) is 0 Å². The Hall–Kier alpha value is -1.14. The molecule has 0 spiro atoms. The summed E-state index contributed by atoms with van der Waals surface area (Å²) in [5.41, 5.74) is 4.96. The second kappa shape index (κ2) is 10.4.